The highest BCUT2D eigenvalue weighted by Crippen LogP contribution is 2.33. The molecule has 1 atom stereocenters. The van der Waals surface area contributed by atoms with Crippen molar-refractivity contribution >= 4 is 69.9 Å². The largest absolute Gasteiger partial charge is 0.467 e. The smallest absolute Gasteiger partial charge is 0.328 e. The van der Waals surface area contributed by atoms with Crippen molar-refractivity contribution < 1.29 is 14.3 Å². The molecule has 0 unspecified atom stereocenters. The van der Waals surface area contributed by atoms with Gasteiger partial charge in [-0.1, -0.05) is 76.2 Å². The number of nitrogens with zero attached hydrogens (tertiary/aromatic N) is 2. The van der Waals surface area contributed by atoms with Gasteiger partial charge in [0.15, 0.2) is 5.69 Å². The van der Waals surface area contributed by atoms with E-state index in [4.69, 9.17) is 62.7 Å². The van der Waals surface area contributed by atoms with E-state index in [-0.39, 0.29) is 12.1 Å². The molecule has 0 aliphatic heterocycles. The summed E-state index contributed by atoms with van der Waals surface area (Å²) < 4.78 is 6.49. The molecule has 4 rings (SSSR count). The summed E-state index contributed by atoms with van der Waals surface area (Å²) in [6, 6.07) is 15.9. The van der Waals surface area contributed by atoms with Crippen LogP contribution in [0.5, 0.6) is 0 Å². The molecule has 0 aliphatic rings. The predicted molar refractivity (Wildman–Crippen MR) is 152 cm³/mol. The highest BCUT2D eigenvalue weighted by atomic mass is 35.5. The zero-order valence-corrected chi connectivity index (χ0v) is 23.8. The fourth-order valence-corrected chi connectivity index (χ4v) is 5.06. The van der Waals surface area contributed by atoms with E-state index in [0.717, 1.165) is 5.56 Å². The van der Waals surface area contributed by atoms with Crippen molar-refractivity contribution in [2.45, 2.75) is 19.4 Å². The molecule has 11 heteroatoms. The summed E-state index contributed by atoms with van der Waals surface area (Å²) >= 11 is 31.0. The normalized spacial score (nSPS) is 11.8. The molecule has 1 amide bonds. The SMILES string of the molecule is COC(=O)[C@H](Cc1ccc(Cl)cc1Cl)NC(=O)c1nn(-c2ccc(Cl)cc2Cl)c(-c2ccc(Cl)cc2)c1C. The van der Waals surface area contributed by atoms with Crippen LogP contribution >= 0.6 is 58.0 Å². The monoisotopic (exact) mass is 609 g/mol. The Kier molecular flexibility index (Phi) is 8.91. The molecule has 3 aromatic carbocycles. The van der Waals surface area contributed by atoms with Gasteiger partial charge in [0.1, 0.15) is 6.04 Å². The highest BCUT2D eigenvalue weighted by molar-refractivity contribution is 6.36. The van der Waals surface area contributed by atoms with Crippen LogP contribution in [0.1, 0.15) is 21.6 Å². The van der Waals surface area contributed by atoms with E-state index in [1.807, 2.05) is 12.1 Å². The summed E-state index contributed by atoms with van der Waals surface area (Å²) in [6.07, 6.45) is 0.0845. The number of benzene rings is 3. The summed E-state index contributed by atoms with van der Waals surface area (Å²) in [5.74, 6) is -1.22. The van der Waals surface area contributed by atoms with Gasteiger partial charge in [0.25, 0.3) is 5.91 Å². The zero-order chi connectivity index (χ0) is 27.6. The lowest BCUT2D eigenvalue weighted by atomic mass is 10.0. The molecule has 196 valence electrons. The molecule has 1 aromatic heterocycles. The molecule has 0 saturated carbocycles. The van der Waals surface area contributed by atoms with E-state index in [0.29, 0.717) is 47.6 Å². The molecule has 1 N–H and O–H groups in total. The van der Waals surface area contributed by atoms with Gasteiger partial charge in [-0.3, -0.25) is 4.79 Å². The number of hydrogen-bond donors (Lipinski definition) is 1. The molecule has 0 fully saturated rings. The Balaban J connectivity index is 1.76. The number of ether oxygens (including phenoxy) is 1. The summed E-state index contributed by atoms with van der Waals surface area (Å²) in [7, 11) is 1.24. The minimum atomic E-state index is -1.03. The average molecular weight is 612 g/mol. The Morgan fingerprint density at radius 2 is 1.50 bits per heavy atom. The van der Waals surface area contributed by atoms with Crippen LogP contribution in [0.2, 0.25) is 25.1 Å². The van der Waals surface area contributed by atoms with Crippen molar-refractivity contribution in [2.24, 2.45) is 0 Å². The fraction of sp³-hybridized carbons (Fsp3) is 0.148. The fourth-order valence-electron chi connectivity index (χ4n) is 3.95. The van der Waals surface area contributed by atoms with Crippen LogP contribution in [0.25, 0.3) is 16.9 Å². The molecule has 0 bridgehead atoms. The second-order valence-corrected chi connectivity index (χ2v) is 10.4. The molecule has 0 spiro atoms. The minimum Gasteiger partial charge on any atom is -0.467 e. The molecule has 38 heavy (non-hydrogen) atoms. The van der Waals surface area contributed by atoms with E-state index in [9.17, 15) is 9.59 Å². The van der Waals surface area contributed by atoms with Gasteiger partial charge in [0.2, 0.25) is 0 Å². The van der Waals surface area contributed by atoms with Crippen LogP contribution < -0.4 is 5.32 Å². The van der Waals surface area contributed by atoms with Crippen LogP contribution in [-0.4, -0.2) is 34.8 Å². The Hall–Kier alpha value is -2.74. The lowest BCUT2D eigenvalue weighted by Gasteiger charge is -2.17. The number of nitrogens with one attached hydrogen (secondary N) is 1. The first kappa shape index (κ1) is 28.3. The lowest BCUT2D eigenvalue weighted by molar-refractivity contribution is -0.142. The van der Waals surface area contributed by atoms with Crippen molar-refractivity contribution in [1.82, 2.24) is 15.1 Å². The van der Waals surface area contributed by atoms with Crippen molar-refractivity contribution in [3.05, 3.63) is 103 Å². The first-order chi connectivity index (χ1) is 18.1. The standard InChI is InChI=1S/C27H20Cl5N3O3/c1-14-24(26(36)33-22(27(37)38-2)11-16-5-8-18(29)12-20(16)31)34-35(23-10-9-19(30)13-21(23)32)25(14)15-3-6-17(28)7-4-15/h3-10,12-13,22H,11H2,1-2H3,(H,33,36)/t22-/m0/s1. The first-order valence-electron chi connectivity index (χ1n) is 11.2. The number of rotatable bonds is 7. The molecule has 1 heterocycles. The molecule has 0 saturated heterocycles. The second kappa shape index (κ2) is 12.0. The van der Waals surface area contributed by atoms with E-state index >= 15 is 0 Å². The maximum atomic E-state index is 13.5. The number of carbonyl (C=O) groups is 2. The number of halogens is 5. The van der Waals surface area contributed by atoms with Crippen molar-refractivity contribution in [1.29, 1.82) is 0 Å². The van der Waals surface area contributed by atoms with Gasteiger partial charge in [-0.05, 0) is 55.0 Å². The van der Waals surface area contributed by atoms with E-state index in [1.165, 1.54) is 7.11 Å². The number of carbonyl (C=O) groups excluding carboxylic acids is 2. The quantitative estimate of drug-likeness (QED) is 0.218. The van der Waals surface area contributed by atoms with Gasteiger partial charge in [-0.25, -0.2) is 9.48 Å². The summed E-state index contributed by atoms with van der Waals surface area (Å²) in [5.41, 5.74) is 3.15. The summed E-state index contributed by atoms with van der Waals surface area (Å²) in [6.45, 7) is 1.76. The third-order valence-corrected chi connectivity index (χ3v) is 7.20. The molecule has 6 nitrogen and oxygen atoms in total. The molecular formula is C27H20Cl5N3O3. The molecule has 0 radical (unpaired) electrons. The summed E-state index contributed by atoms with van der Waals surface area (Å²) in [4.78, 5) is 26.1. The number of methoxy groups -OCH3 is 1. The number of amides is 1. The van der Waals surface area contributed by atoms with Crippen molar-refractivity contribution in [3.8, 4) is 16.9 Å². The lowest BCUT2D eigenvalue weighted by Crippen LogP contribution is -2.43. The maximum absolute atomic E-state index is 13.5. The maximum Gasteiger partial charge on any atom is 0.328 e. The number of hydrogen-bond acceptors (Lipinski definition) is 4. The Morgan fingerprint density at radius 1 is 0.895 bits per heavy atom. The Labute approximate surface area is 244 Å². The van der Waals surface area contributed by atoms with Crippen LogP contribution in [0.3, 0.4) is 0 Å². The van der Waals surface area contributed by atoms with Crippen molar-refractivity contribution in [2.75, 3.05) is 7.11 Å². The van der Waals surface area contributed by atoms with E-state index in [2.05, 4.69) is 10.4 Å². The van der Waals surface area contributed by atoms with Crippen LogP contribution in [0, 0.1) is 6.92 Å². The Bertz CT molecular complexity index is 1520. The van der Waals surface area contributed by atoms with E-state index < -0.39 is 17.9 Å². The van der Waals surface area contributed by atoms with Crippen molar-refractivity contribution in [3.63, 3.8) is 0 Å². The zero-order valence-electron chi connectivity index (χ0n) is 20.1. The van der Waals surface area contributed by atoms with Crippen LogP contribution in [-0.2, 0) is 16.0 Å². The molecule has 4 aromatic rings. The minimum absolute atomic E-state index is 0.0845. The predicted octanol–water partition coefficient (Wildman–Crippen LogP) is 7.63. The third kappa shape index (κ3) is 6.11. The van der Waals surface area contributed by atoms with E-state index in [1.54, 1.807) is 60.1 Å². The van der Waals surface area contributed by atoms with Crippen LogP contribution in [0.4, 0.5) is 0 Å². The van der Waals surface area contributed by atoms with Crippen LogP contribution in [0.15, 0.2) is 60.7 Å². The second-order valence-electron chi connectivity index (χ2n) is 8.33. The third-order valence-electron chi connectivity index (χ3n) is 5.82. The molecular weight excluding hydrogens is 592 g/mol. The highest BCUT2D eigenvalue weighted by Gasteiger charge is 2.28. The van der Waals surface area contributed by atoms with Gasteiger partial charge < -0.3 is 10.1 Å². The van der Waals surface area contributed by atoms with Gasteiger partial charge in [0.05, 0.1) is 23.5 Å². The number of aromatic nitrogens is 2. The molecule has 0 aliphatic carbocycles. The number of esters is 1. The first-order valence-corrected chi connectivity index (χ1v) is 13.1. The Morgan fingerprint density at radius 3 is 2.11 bits per heavy atom. The average Bonchev–Trinajstić information content (AvgIpc) is 3.21. The van der Waals surface area contributed by atoms with Gasteiger partial charge in [-0.2, -0.15) is 5.10 Å². The van der Waals surface area contributed by atoms with Gasteiger partial charge in [0, 0.05) is 37.6 Å². The van der Waals surface area contributed by atoms with Gasteiger partial charge in [-0.15, -0.1) is 0 Å². The van der Waals surface area contributed by atoms with Gasteiger partial charge >= 0.3 is 5.97 Å². The topological polar surface area (TPSA) is 73.2 Å². The summed E-state index contributed by atoms with van der Waals surface area (Å²) in [5, 5.41) is 9.50.